The van der Waals surface area contributed by atoms with Crippen molar-refractivity contribution in [3.8, 4) is 0 Å². The van der Waals surface area contributed by atoms with Gasteiger partial charge in [-0.1, -0.05) is 78.4 Å². The fraction of sp³-hybridized carbons (Fsp3) is 0.185. The van der Waals surface area contributed by atoms with Crippen molar-refractivity contribution in [2.45, 2.75) is 26.8 Å². The van der Waals surface area contributed by atoms with Crippen LogP contribution in [0.3, 0.4) is 0 Å². The van der Waals surface area contributed by atoms with Gasteiger partial charge in [0.2, 0.25) is 5.91 Å². The molecule has 1 heterocycles. The van der Waals surface area contributed by atoms with Crippen LogP contribution in [0.15, 0.2) is 78.9 Å². The van der Waals surface area contributed by atoms with E-state index in [1.165, 1.54) is 0 Å². The Morgan fingerprint density at radius 2 is 1.52 bits per heavy atom. The van der Waals surface area contributed by atoms with Crippen LogP contribution in [0.5, 0.6) is 0 Å². The predicted octanol–water partition coefficient (Wildman–Crippen LogP) is 5.07. The second-order valence-electron chi connectivity index (χ2n) is 7.98. The summed E-state index contributed by atoms with van der Waals surface area (Å²) in [5.41, 5.74) is 5.60. The average molecular weight is 411 g/mol. The smallest absolute Gasteiger partial charge is 0.254 e. The first kappa shape index (κ1) is 20.6. The van der Waals surface area contributed by atoms with E-state index in [1.54, 1.807) is 9.80 Å². The topological polar surface area (TPSA) is 40.6 Å². The van der Waals surface area contributed by atoms with Crippen LogP contribution in [0.25, 0.3) is 6.08 Å². The van der Waals surface area contributed by atoms with Crippen molar-refractivity contribution in [1.82, 2.24) is 0 Å². The SMILES string of the molecule is Cc1ccc(N2C(=O)CN(c3ccccc3C)C(=O)[C@@H]2/C=C/c2ccccc2)c(C)c1. The molecule has 3 aromatic rings. The lowest BCUT2D eigenvalue weighted by Gasteiger charge is -2.40. The van der Waals surface area contributed by atoms with Gasteiger partial charge >= 0.3 is 0 Å². The Labute approximate surface area is 183 Å². The fourth-order valence-corrected chi connectivity index (χ4v) is 4.08. The molecule has 0 aromatic heterocycles. The summed E-state index contributed by atoms with van der Waals surface area (Å²) < 4.78 is 0. The van der Waals surface area contributed by atoms with Crippen molar-refractivity contribution in [2.75, 3.05) is 16.3 Å². The van der Waals surface area contributed by atoms with E-state index in [4.69, 9.17) is 0 Å². The minimum atomic E-state index is -0.720. The average Bonchev–Trinajstić information content (AvgIpc) is 2.76. The van der Waals surface area contributed by atoms with Gasteiger partial charge in [-0.25, -0.2) is 0 Å². The first-order valence-electron chi connectivity index (χ1n) is 10.5. The minimum absolute atomic E-state index is 0.0205. The molecular weight excluding hydrogens is 384 g/mol. The number of para-hydroxylation sites is 1. The van der Waals surface area contributed by atoms with Gasteiger partial charge in [0.15, 0.2) is 0 Å². The number of hydrogen-bond donors (Lipinski definition) is 0. The minimum Gasteiger partial charge on any atom is -0.301 e. The molecule has 1 fully saturated rings. The van der Waals surface area contributed by atoms with E-state index >= 15 is 0 Å². The molecule has 0 bridgehead atoms. The van der Waals surface area contributed by atoms with E-state index < -0.39 is 6.04 Å². The van der Waals surface area contributed by atoms with E-state index in [2.05, 4.69) is 0 Å². The Kier molecular flexibility index (Phi) is 5.72. The quantitative estimate of drug-likeness (QED) is 0.602. The number of rotatable bonds is 4. The van der Waals surface area contributed by atoms with Gasteiger partial charge in [0.1, 0.15) is 12.6 Å². The summed E-state index contributed by atoms with van der Waals surface area (Å²) in [6, 6.07) is 22.7. The summed E-state index contributed by atoms with van der Waals surface area (Å²) in [6.07, 6.45) is 3.74. The summed E-state index contributed by atoms with van der Waals surface area (Å²) in [5, 5.41) is 0. The third-order valence-corrected chi connectivity index (χ3v) is 5.65. The van der Waals surface area contributed by atoms with Gasteiger partial charge in [0, 0.05) is 11.4 Å². The monoisotopic (exact) mass is 410 g/mol. The number of nitrogens with zero attached hydrogens (tertiary/aromatic N) is 2. The molecular formula is C27H26N2O2. The maximum absolute atomic E-state index is 13.7. The zero-order chi connectivity index (χ0) is 22.0. The predicted molar refractivity (Wildman–Crippen MR) is 126 cm³/mol. The Morgan fingerprint density at radius 1 is 0.806 bits per heavy atom. The fourth-order valence-electron chi connectivity index (χ4n) is 4.08. The summed E-state index contributed by atoms with van der Waals surface area (Å²) in [5.74, 6) is -0.210. The van der Waals surface area contributed by atoms with Gasteiger partial charge in [0.25, 0.3) is 5.91 Å². The molecule has 156 valence electrons. The Hall–Kier alpha value is -3.66. The summed E-state index contributed by atoms with van der Waals surface area (Å²) in [7, 11) is 0. The lowest BCUT2D eigenvalue weighted by Crippen LogP contribution is -2.60. The van der Waals surface area contributed by atoms with Crippen LogP contribution in [0.4, 0.5) is 11.4 Å². The number of aryl methyl sites for hydroxylation is 3. The Balaban J connectivity index is 1.79. The Morgan fingerprint density at radius 3 is 2.23 bits per heavy atom. The standard InChI is InChI=1S/C27H26N2O2/c1-19-13-15-24(21(3)17-19)29-25(16-14-22-10-5-4-6-11-22)27(31)28(18-26(29)30)23-12-8-7-9-20(23)2/h4-17,25H,18H2,1-3H3/b16-14+/t25-/m0/s1. The number of anilines is 2. The third-order valence-electron chi connectivity index (χ3n) is 5.65. The largest absolute Gasteiger partial charge is 0.301 e. The van der Waals surface area contributed by atoms with Crippen molar-refractivity contribution in [3.05, 3.63) is 101 Å². The highest BCUT2D eigenvalue weighted by molar-refractivity contribution is 6.15. The number of benzene rings is 3. The van der Waals surface area contributed by atoms with E-state index in [-0.39, 0.29) is 18.4 Å². The highest BCUT2D eigenvalue weighted by Crippen LogP contribution is 2.31. The number of carbonyl (C=O) groups is 2. The molecule has 0 radical (unpaired) electrons. The highest BCUT2D eigenvalue weighted by atomic mass is 16.2. The highest BCUT2D eigenvalue weighted by Gasteiger charge is 2.40. The molecule has 2 amide bonds. The number of hydrogen-bond acceptors (Lipinski definition) is 2. The van der Waals surface area contributed by atoms with Crippen LogP contribution < -0.4 is 9.80 Å². The zero-order valence-corrected chi connectivity index (χ0v) is 18.1. The molecule has 1 atom stereocenters. The number of carbonyl (C=O) groups excluding carboxylic acids is 2. The molecule has 1 saturated heterocycles. The lowest BCUT2D eigenvalue weighted by atomic mass is 10.0. The van der Waals surface area contributed by atoms with E-state index in [9.17, 15) is 9.59 Å². The Bertz CT molecular complexity index is 1150. The van der Waals surface area contributed by atoms with Crippen LogP contribution in [0.2, 0.25) is 0 Å². The third kappa shape index (κ3) is 4.15. The molecule has 1 aliphatic rings. The van der Waals surface area contributed by atoms with E-state index in [0.29, 0.717) is 0 Å². The maximum Gasteiger partial charge on any atom is 0.254 e. The second kappa shape index (κ2) is 8.60. The second-order valence-corrected chi connectivity index (χ2v) is 7.98. The normalized spacial score (nSPS) is 16.9. The molecule has 4 heteroatoms. The van der Waals surface area contributed by atoms with Gasteiger partial charge in [-0.3, -0.25) is 14.5 Å². The van der Waals surface area contributed by atoms with Crippen molar-refractivity contribution in [2.24, 2.45) is 0 Å². The summed E-state index contributed by atoms with van der Waals surface area (Å²) in [6.45, 7) is 5.98. The molecule has 1 aliphatic heterocycles. The lowest BCUT2D eigenvalue weighted by molar-refractivity contribution is -0.127. The van der Waals surface area contributed by atoms with Crippen molar-refractivity contribution < 1.29 is 9.59 Å². The molecule has 3 aromatic carbocycles. The molecule has 0 saturated carbocycles. The summed E-state index contributed by atoms with van der Waals surface area (Å²) >= 11 is 0. The summed E-state index contributed by atoms with van der Waals surface area (Å²) in [4.78, 5) is 30.3. The van der Waals surface area contributed by atoms with Crippen molar-refractivity contribution in [1.29, 1.82) is 0 Å². The van der Waals surface area contributed by atoms with Gasteiger partial charge in [0.05, 0.1) is 0 Å². The molecule has 4 rings (SSSR count). The van der Waals surface area contributed by atoms with E-state index in [1.807, 2.05) is 106 Å². The van der Waals surface area contributed by atoms with Gasteiger partial charge in [-0.15, -0.1) is 0 Å². The first-order valence-corrected chi connectivity index (χ1v) is 10.5. The van der Waals surface area contributed by atoms with Crippen molar-refractivity contribution >= 4 is 29.3 Å². The van der Waals surface area contributed by atoms with Crippen LogP contribution in [-0.2, 0) is 9.59 Å². The number of piperazine rings is 1. The van der Waals surface area contributed by atoms with Gasteiger partial charge in [-0.2, -0.15) is 0 Å². The maximum atomic E-state index is 13.7. The molecule has 0 unspecified atom stereocenters. The van der Waals surface area contributed by atoms with Crippen LogP contribution in [-0.4, -0.2) is 24.4 Å². The number of amides is 2. The molecule has 0 N–H and O–H groups in total. The molecule has 31 heavy (non-hydrogen) atoms. The first-order chi connectivity index (χ1) is 15.0. The van der Waals surface area contributed by atoms with Crippen LogP contribution in [0.1, 0.15) is 22.3 Å². The zero-order valence-electron chi connectivity index (χ0n) is 18.1. The molecule has 0 aliphatic carbocycles. The van der Waals surface area contributed by atoms with E-state index in [0.717, 1.165) is 33.6 Å². The van der Waals surface area contributed by atoms with Crippen LogP contribution in [0, 0.1) is 20.8 Å². The van der Waals surface area contributed by atoms with Gasteiger partial charge < -0.3 is 4.90 Å². The molecule has 0 spiro atoms. The van der Waals surface area contributed by atoms with Crippen LogP contribution >= 0.6 is 0 Å². The van der Waals surface area contributed by atoms with Gasteiger partial charge in [-0.05, 0) is 49.6 Å². The van der Waals surface area contributed by atoms with Crippen molar-refractivity contribution in [3.63, 3.8) is 0 Å². The molecule has 4 nitrogen and oxygen atoms in total.